The van der Waals surface area contributed by atoms with E-state index in [2.05, 4.69) is 20.8 Å². The molecule has 124 valence electrons. The van der Waals surface area contributed by atoms with E-state index in [0.717, 1.165) is 11.3 Å². The van der Waals surface area contributed by atoms with Crippen molar-refractivity contribution in [2.75, 3.05) is 10.6 Å². The highest BCUT2D eigenvalue weighted by Gasteiger charge is 2.19. The number of urea groups is 1. The van der Waals surface area contributed by atoms with Crippen molar-refractivity contribution >= 4 is 28.3 Å². The summed E-state index contributed by atoms with van der Waals surface area (Å²) >= 11 is 0. The molecule has 0 aliphatic heterocycles. The standard InChI is InChI=1S/C16H22N4O2S/c1-11-8-14(20-19-11)18-15(21)17-13-7-5-6-12(9-13)10-23(22)16(2,3)4/h5-9H,10H2,1-4H3,(H3,17,18,19,20,21)/t23-/m1/s1. The van der Waals surface area contributed by atoms with Gasteiger partial charge in [0.25, 0.3) is 0 Å². The molecular weight excluding hydrogens is 312 g/mol. The second-order valence-electron chi connectivity index (χ2n) is 6.32. The van der Waals surface area contributed by atoms with Gasteiger partial charge in [-0.1, -0.05) is 12.1 Å². The summed E-state index contributed by atoms with van der Waals surface area (Å²) in [4.78, 5) is 11.9. The minimum Gasteiger partial charge on any atom is -0.308 e. The summed E-state index contributed by atoms with van der Waals surface area (Å²) in [6.45, 7) is 7.70. The van der Waals surface area contributed by atoms with Gasteiger partial charge in [-0.05, 0) is 45.4 Å². The number of rotatable bonds is 4. The highest BCUT2D eigenvalue weighted by molar-refractivity contribution is 7.85. The number of amides is 2. The van der Waals surface area contributed by atoms with Crippen LogP contribution in [0.3, 0.4) is 0 Å². The number of nitrogens with one attached hydrogen (secondary N) is 3. The summed E-state index contributed by atoms with van der Waals surface area (Å²) in [5, 5.41) is 12.1. The molecule has 0 saturated carbocycles. The fourth-order valence-corrected chi connectivity index (χ4v) is 2.78. The first-order chi connectivity index (χ1) is 10.7. The van der Waals surface area contributed by atoms with Crippen LogP contribution < -0.4 is 10.6 Å². The van der Waals surface area contributed by atoms with E-state index in [1.54, 1.807) is 12.1 Å². The summed E-state index contributed by atoms with van der Waals surface area (Å²) in [5.74, 6) is 0.920. The SMILES string of the molecule is Cc1cc(NC(=O)Nc2cccc(C[S@@](=O)C(C)(C)C)c2)n[nH]1. The van der Waals surface area contributed by atoms with E-state index in [1.165, 1.54) is 0 Å². The number of anilines is 2. The van der Waals surface area contributed by atoms with Crippen LogP contribution in [0.5, 0.6) is 0 Å². The number of aryl methyl sites for hydroxylation is 1. The van der Waals surface area contributed by atoms with Crippen molar-refractivity contribution in [2.45, 2.75) is 38.2 Å². The number of carbonyl (C=O) groups excluding carboxylic acids is 1. The molecule has 1 aromatic heterocycles. The molecule has 1 heterocycles. The molecule has 2 aromatic rings. The van der Waals surface area contributed by atoms with Crippen LogP contribution in [-0.4, -0.2) is 25.2 Å². The molecule has 0 saturated heterocycles. The second kappa shape index (κ2) is 6.95. The number of H-pyrrole nitrogens is 1. The molecule has 0 unspecified atom stereocenters. The third-order valence-corrected chi connectivity index (χ3v) is 5.07. The molecule has 7 heteroatoms. The Morgan fingerprint density at radius 3 is 2.61 bits per heavy atom. The van der Waals surface area contributed by atoms with Gasteiger partial charge in [-0.3, -0.25) is 14.6 Å². The molecule has 0 fully saturated rings. The molecule has 1 aromatic carbocycles. The fourth-order valence-electron chi connectivity index (χ4n) is 1.87. The Kier molecular flexibility index (Phi) is 5.20. The van der Waals surface area contributed by atoms with Crippen molar-refractivity contribution in [2.24, 2.45) is 0 Å². The lowest BCUT2D eigenvalue weighted by molar-refractivity contribution is 0.262. The fraction of sp³-hybridized carbons (Fsp3) is 0.375. The summed E-state index contributed by atoms with van der Waals surface area (Å²) in [7, 11) is -0.980. The molecule has 3 N–H and O–H groups in total. The number of aromatic nitrogens is 2. The Labute approximate surface area is 138 Å². The third kappa shape index (κ3) is 5.21. The van der Waals surface area contributed by atoms with Crippen LogP contribution in [0.15, 0.2) is 30.3 Å². The van der Waals surface area contributed by atoms with Crippen LogP contribution in [0.4, 0.5) is 16.3 Å². The van der Waals surface area contributed by atoms with Crippen LogP contribution >= 0.6 is 0 Å². The van der Waals surface area contributed by atoms with Gasteiger partial charge in [-0.15, -0.1) is 0 Å². The Morgan fingerprint density at radius 2 is 2.00 bits per heavy atom. The average Bonchev–Trinajstić information content (AvgIpc) is 2.83. The smallest absolute Gasteiger partial charge is 0.308 e. The first-order valence-electron chi connectivity index (χ1n) is 7.31. The van der Waals surface area contributed by atoms with E-state index in [1.807, 2.05) is 45.9 Å². The van der Waals surface area contributed by atoms with Gasteiger partial charge >= 0.3 is 6.03 Å². The zero-order valence-corrected chi connectivity index (χ0v) is 14.6. The predicted octanol–water partition coefficient (Wildman–Crippen LogP) is 3.41. The van der Waals surface area contributed by atoms with Crippen molar-refractivity contribution in [1.82, 2.24) is 10.2 Å². The van der Waals surface area contributed by atoms with Gasteiger partial charge in [0.2, 0.25) is 0 Å². The van der Waals surface area contributed by atoms with E-state index < -0.39 is 10.8 Å². The van der Waals surface area contributed by atoms with Crippen molar-refractivity contribution in [1.29, 1.82) is 0 Å². The maximum atomic E-state index is 12.2. The number of hydrogen-bond donors (Lipinski definition) is 3. The molecule has 2 amide bonds. The number of aromatic amines is 1. The van der Waals surface area contributed by atoms with Gasteiger partial charge in [0.1, 0.15) is 0 Å². The Bertz CT molecular complexity index is 719. The summed E-state index contributed by atoms with van der Waals surface area (Å²) in [6.07, 6.45) is 0. The monoisotopic (exact) mass is 334 g/mol. The van der Waals surface area contributed by atoms with Crippen LogP contribution in [0, 0.1) is 6.92 Å². The molecule has 23 heavy (non-hydrogen) atoms. The number of benzene rings is 1. The highest BCUT2D eigenvalue weighted by Crippen LogP contribution is 2.19. The van der Waals surface area contributed by atoms with E-state index in [9.17, 15) is 9.00 Å². The Hall–Kier alpha value is -2.15. The van der Waals surface area contributed by atoms with Gasteiger partial charge in [-0.25, -0.2) is 4.79 Å². The van der Waals surface area contributed by atoms with E-state index in [-0.39, 0.29) is 10.8 Å². The molecule has 1 atom stereocenters. The molecule has 0 aliphatic rings. The maximum absolute atomic E-state index is 12.2. The van der Waals surface area contributed by atoms with Gasteiger partial charge in [0.05, 0.1) is 0 Å². The summed E-state index contributed by atoms with van der Waals surface area (Å²) in [5.41, 5.74) is 2.44. The molecule has 0 radical (unpaired) electrons. The Balaban J connectivity index is 1.99. The lowest BCUT2D eigenvalue weighted by atomic mass is 10.2. The second-order valence-corrected chi connectivity index (χ2v) is 8.52. The summed E-state index contributed by atoms with van der Waals surface area (Å²) in [6, 6.07) is 8.74. The van der Waals surface area contributed by atoms with Crippen LogP contribution in [0.1, 0.15) is 32.0 Å². The largest absolute Gasteiger partial charge is 0.324 e. The third-order valence-electron chi connectivity index (χ3n) is 3.11. The van der Waals surface area contributed by atoms with E-state index in [0.29, 0.717) is 17.3 Å². The molecule has 6 nitrogen and oxygen atoms in total. The average molecular weight is 334 g/mol. The first-order valence-corrected chi connectivity index (χ1v) is 8.63. The Morgan fingerprint density at radius 1 is 1.26 bits per heavy atom. The molecule has 0 spiro atoms. The zero-order chi connectivity index (χ0) is 17.0. The van der Waals surface area contributed by atoms with E-state index in [4.69, 9.17) is 0 Å². The lowest BCUT2D eigenvalue weighted by Crippen LogP contribution is -2.23. The van der Waals surface area contributed by atoms with E-state index >= 15 is 0 Å². The number of carbonyl (C=O) groups is 1. The molecular formula is C16H22N4O2S. The topological polar surface area (TPSA) is 86.9 Å². The van der Waals surface area contributed by atoms with Gasteiger partial charge in [0.15, 0.2) is 5.82 Å². The van der Waals surface area contributed by atoms with Gasteiger partial charge < -0.3 is 5.32 Å². The minimum atomic E-state index is -0.980. The minimum absolute atomic E-state index is 0.265. The number of nitrogens with zero attached hydrogens (tertiary/aromatic N) is 1. The first kappa shape index (κ1) is 17.2. The quantitative estimate of drug-likeness (QED) is 0.801. The maximum Gasteiger partial charge on any atom is 0.324 e. The highest BCUT2D eigenvalue weighted by atomic mass is 32.2. The van der Waals surface area contributed by atoms with Crippen molar-refractivity contribution in [3.63, 3.8) is 0 Å². The summed E-state index contributed by atoms with van der Waals surface area (Å²) < 4.78 is 11.9. The molecule has 0 aliphatic carbocycles. The van der Waals surface area contributed by atoms with Crippen LogP contribution in [-0.2, 0) is 16.6 Å². The van der Waals surface area contributed by atoms with Crippen molar-refractivity contribution in [3.05, 3.63) is 41.6 Å². The van der Waals surface area contributed by atoms with Crippen molar-refractivity contribution in [3.8, 4) is 0 Å². The lowest BCUT2D eigenvalue weighted by Gasteiger charge is -2.18. The van der Waals surface area contributed by atoms with Crippen LogP contribution in [0.2, 0.25) is 0 Å². The van der Waals surface area contributed by atoms with Crippen molar-refractivity contribution < 1.29 is 9.00 Å². The van der Waals surface area contributed by atoms with Crippen LogP contribution in [0.25, 0.3) is 0 Å². The predicted molar refractivity (Wildman–Crippen MR) is 94.0 cm³/mol. The zero-order valence-electron chi connectivity index (χ0n) is 13.8. The van der Waals surface area contributed by atoms with Gasteiger partial charge in [0, 0.05) is 38.7 Å². The molecule has 0 bridgehead atoms. The number of hydrogen-bond acceptors (Lipinski definition) is 3. The molecule has 2 rings (SSSR count). The normalized spacial score (nSPS) is 12.7. The van der Waals surface area contributed by atoms with Gasteiger partial charge in [-0.2, -0.15) is 5.10 Å².